The van der Waals surface area contributed by atoms with Crippen molar-refractivity contribution in [3.63, 3.8) is 0 Å². The number of nitrogens with one attached hydrogen (secondary N) is 1. The predicted octanol–water partition coefficient (Wildman–Crippen LogP) is 6.14. The summed E-state index contributed by atoms with van der Waals surface area (Å²) in [6.45, 7) is 2.54. The van der Waals surface area contributed by atoms with Gasteiger partial charge in [-0.15, -0.1) is 11.8 Å². The van der Waals surface area contributed by atoms with Crippen LogP contribution in [0, 0.1) is 42.3 Å². The molecule has 0 spiro atoms. The maximum absolute atomic E-state index is 13.8. The first-order valence-electron chi connectivity index (χ1n) is 14.2. The zero-order chi connectivity index (χ0) is 28.7. The van der Waals surface area contributed by atoms with Crippen molar-refractivity contribution < 1.29 is 18.7 Å². The van der Waals surface area contributed by atoms with E-state index in [1.54, 1.807) is 11.8 Å². The fourth-order valence-electron chi connectivity index (χ4n) is 7.97. The second-order valence-corrected chi connectivity index (χ2v) is 14.0. The second-order valence-electron chi connectivity index (χ2n) is 11.8. The molecule has 3 heterocycles. The van der Waals surface area contributed by atoms with Crippen molar-refractivity contribution in [1.29, 1.82) is 0 Å². The number of amides is 2. The third-order valence-corrected chi connectivity index (χ3v) is 12.1. The Hall–Kier alpha value is -3.69. The number of aromatic amines is 1. The number of nitrogens with zero attached hydrogens (tertiary/aromatic N) is 1. The molecular formula is C33H27FN2O4S2. The van der Waals surface area contributed by atoms with Gasteiger partial charge in [0.15, 0.2) is 0 Å². The van der Waals surface area contributed by atoms with E-state index in [4.69, 9.17) is 4.74 Å². The summed E-state index contributed by atoms with van der Waals surface area (Å²) in [6, 6.07) is 21.9. The quantitative estimate of drug-likeness (QED) is 0.279. The number of carbonyl (C=O) groups excluding carboxylic acids is 2. The number of benzene rings is 3. The highest BCUT2D eigenvalue weighted by Crippen LogP contribution is 2.68. The van der Waals surface area contributed by atoms with E-state index < -0.39 is 11.7 Å². The van der Waals surface area contributed by atoms with Gasteiger partial charge in [0, 0.05) is 16.0 Å². The molecule has 1 saturated heterocycles. The summed E-state index contributed by atoms with van der Waals surface area (Å²) in [4.78, 5) is 45.3. The van der Waals surface area contributed by atoms with Gasteiger partial charge >= 0.3 is 4.87 Å². The lowest BCUT2D eigenvalue weighted by molar-refractivity contribution is -0.123. The highest BCUT2D eigenvalue weighted by molar-refractivity contribution is 8.00. The summed E-state index contributed by atoms with van der Waals surface area (Å²) in [6.07, 6.45) is 0.819. The Balaban J connectivity index is 1.11. The van der Waals surface area contributed by atoms with Crippen molar-refractivity contribution >= 4 is 40.6 Å². The highest BCUT2D eigenvalue weighted by Gasteiger charge is 2.69. The standard InChI is InChI=1S/C33H27FN2O4S2/c1-16-3-2-4-17(13-16)15-40-21-11-5-18(6-12-21)24-25-22-14-23(28(25)41-30-29(24)42-33(39)35-30)27-26(22)31(37)36(32(27)38)20-9-7-19(34)8-10-20/h2-13,22-28H,14-15H2,1H3,(H,35,39)/t22-,23-,24+,25+,26+,27+,28-/m1/s1. The summed E-state index contributed by atoms with van der Waals surface area (Å²) in [7, 11) is 0. The number of H-pyrrole nitrogens is 1. The number of ether oxygens (including phenoxy) is 1. The number of carbonyl (C=O) groups is 2. The number of aryl methyl sites for hydroxylation is 1. The molecule has 2 bridgehead atoms. The number of hydrogen-bond donors (Lipinski definition) is 1. The van der Waals surface area contributed by atoms with Gasteiger partial charge in [0.1, 0.15) is 18.2 Å². The number of aromatic nitrogens is 1. The van der Waals surface area contributed by atoms with Crippen molar-refractivity contribution in [2.75, 3.05) is 4.90 Å². The smallest absolute Gasteiger partial charge is 0.305 e. The third kappa shape index (κ3) is 3.93. The van der Waals surface area contributed by atoms with E-state index in [1.807, 2.05) is 24.3 Å². The van der Waals surface area contributed by atoms with Crippen LogP contribution in [0.5, 0.6) is 5.75 Å². The molecule has 4 aromatic rings. The van der Waals surface area contributed by atoms with Crippen LogP contribution in [-0.4, -0.2) is 22.0 Å². The first kappa shape index (κ1) is 26.0. The molecule has 2 aliphatic heterocycles. The van der Waals surface area contributed by atoms with Gasteiger partial charge in [0.25, 0.3) is 0 Å². The monoisotopic (exact) mass is 598 g/mol. The van der Waals surface area contributed by atoms with Gasteiger partial charge in [-0.2, -0.15) is 0 Å². The zero-order valence-corrected chi connectivity index (χ0v) is 24.3. The Morgan fingerprint density at radius 3 is 2.43 bits per heavy atom. The first-order chi connectivity index (χ1) is 20.4. The lowest BCUT2D eigenvalue weighted by Gasteiger charge is -2.43. The van der Waals surface area contributed by atoms with E-state index >= 15 is 0 Å². The molecule has 1 aromatic heterocycles. The number of anilines is 1. The molecule has 2 saturated carbocycles. The third-order valence-electron chi connectivity index (χ3n) is 9.54. The number of halogens is 1. The Labute approximate surface area is 249 Å². The van der Waals surface area contributed by atoms with Gasteiger partial charge in [-0.05, 0) is 78.6 Å². The summed E-state index contributed by atoms with van der Waals surface area (Å²) in [5, 5.41) is 0.994. The highest BCUT2D eigenvalue weighted by atomic mass is 32.2. The SMILES string of the molecule is Cc1cccc(COc2ccc([C@@H]3c4sc(=O)[nH]c4S[C@@H]4[C@@H]5C[C@@H]([C@@H]6C(=O)N(c7ccc(F)cc7)C(=O)[C@@H]56)[C@@H]34)cc2)c1. The van der Waals surface area contributed by atoms with Gasteiger partial charge in [0.05, 0.1) is 22.5 Å². The molecule has 8 rings (SSSR count). The fourth-order valence-corrected chi connectivity index (χ4v) is 10.9. The summed E-state index contributed by atoms with van der Waals surface area (Å²) in [5.41, 5.74) is 3.81. The van der Waals surface area contributed by atoms with E-state index in [0.717, 1.165) is 33.2 Å². The number of fused-ring (bicyclic) bond motifs is 9. The van der Waals surface area contributed by atoms with Gasteiger partial charge in [0.2, 0.25) is 11.8 Å². The normalized spacial score (nSPS) is 29.0. The van der Waals surface area contributed by atoms with E-state index in [9.17, 15) is 18.8 Å². The Bertz CT molecular complexity index is 1780. The molecule has 9 heteroatoms. The van der Waals surface area contributed by atoms with Crippen LogP contribution in [0.4, 0.5) is 10.1 Å². The van der Waals surface area contributed by atoms with Crippen LogP contribution >= 0.6 is 23.1 Å². The van der Waals surface area contributed by atoms with Crippen molar-refractivity contribution in [2.24, 2.45) is 29.6 Å². The van der Waals surface area contributed by atoms with Gasteiger partial charge in [-0.25, -0.2) is 4.39 Å². The Morgan fingerprint density at radius 1 is 0.952 bits per heavy atom. The molecular weight excluding hydrogens is 572 g/mol. The van der Waals surface area contributed by atoms with E-state index in [-0.39, 0.29) is 51.5 Å². The Kier molecular flexibility index (Phi) is 5.98. The molecule has 0 unspecified atom stereocenters. The van der Waals surface area contributed by atoms with E-state index in [2.05, 4.69) is 36.2 Å². The van der Waals surface area contributed by atoms with Crippen LogP contribution in [0.1, 0.15) is 33.9 Å². The van der Waals surface area contributed by atoms with Gasteiger partial charge < -0.3 is 9.72 Å². The first-order valence-corrected chi connectivity index (χ1v) is 15.9. The topological polar surface area (TPSA) is 79.5 Å². The fraction of sp³-hybridized carbons (Fsp3) is 0.303. The molecule has 7 atom stereocenters. The molecule has 3 aromatic carbocycles. The maximum atomic E-state index is 13.8. The van der Waals surface area contributed by atoms with Gasteiger partial charge in [-0.1, -0.05) is 53.3 Å². The number of rotatable bonds is 5. The molecule has 6 nitrogen and oxygen atoms in total. The minimum absolute atomic E-state index is 0.0204. The number of thioether (sulfide) groups is 1. The molecule has 2 aliphatic carbocycles. The van der Waals surface area contributed by atoms with Crippen LogP contribution < -0.4 is 14.5 Å². The summed E-state index contributed by atoms with van der Waals surface area (Å²) >= 11 is 2.92. The van der Waals surface area contributed by atoms with Crippen molar-refractivity contribution in [3.8, 4) is 5.75 Å². The van der Waals surface area contributed by atoms with Gasteiger partial charge in [-0.3, -0.25) is 19.3 Å². The molecule has 42 heavy (non-hydrogen) atoms. The van der Waals surface area contributed by atoms with Crippen LogP contribution in [0.25, 0.3) is 0 Å². The minimum Gasteiger partial charge on any atom is -0.489 e. The molecule has 212 valence electrons. The van der Waals surface area contributed by atoms with Crippen molar-refractivity contribution in [3.05, 3.63) is 110 Å². The van der Waals surface area contributed by atoms with Crippen molar-refractivity contribution in [2.45, 2.75) is 36.1 Å². The lowest BCUT2D eigenvalue weighted by Crippen LogP contribution is -2.42. The van der Waals surface area contributed by atoms with E-state index in [0.29, 0.717) is 12.3 Å². The largest absolute Gasteiger partial charge is 0.489 e. The predicted molar refractivity (Wildman–Crippen MR) is 159 cm³/mol. The number of imide groups is 1. The summed E-state index contributed by atoms with van der Waals surface area (Å²) in [5.74, 6) is -0.668. The molecule has 2 amide bonds. The molecule has 0 radical (unpaired) electrons. The summed E-state index contributed by atoms with van der Waals surface area (Å²) < 4.78 is 19.7. The van der Waals surface area contributed by atoms with Crippen LogP contribution in [0.2, 0.25) is 0 Å². The van der Waals surface area contributed by atoms with Crippen molar-refractivity contribution in [1.82, 2.24) is 4.98 Å². The van der Waals surface area contributed by atoms with Crippen LogP contribution in [-0.2, 0) is 16.2 Å². The number of hydrogen-bond acceptors (Lipinski definition) is 6. The van der Waals surface area contributed by atoms with E-state index in [1.165, 1.54) is 46.1 Å². The maximum Gasteiger partial charge on any atom is 0.305 e. The minimum atomic E-state index is -0.407. The Morgan fingerprint density at radius 2 is 1.69 bits per heavy atom. The number of thiazole rings is 1. The molecule has 1 N–H and O–H groups in total. The lowest BCUT2D eigenvalue weighted by atomic mass is 9.68. The van der Waals surface area contributed by atoms with Crippen LogP contribution in [0.15, 0.2) is 82.6 Å². The molecule has 3 fully saturated rings. The zero-order valence-electron chi connectivity index (χ0n) is 22.7. The average molecular weight is 599 g/mol. The molecule has 4 aliphatic rings. The van der Waals surface area contributed by atoms with Crippen LogP contribution in [0.3, 0.4) is 0 Å². The average Bonchev–Trinajstić information content (AvgIpc) is 3.72. The second kappa shape index (κ2) is 9.67.